The molecule has 1 aliphatic rings. The lowest BCUT2D eigenvalue weighted by Crippen LogP contribution is -2.24. The first kappa shape index (κ1) is 18.6. The second-order valence-corrected chi connectivity index (χ2v) is 7.75. The summed E-state index contributed by atoms with van der Waals surface area (Å²) < 4.78 is 21.3. The maximum Gasteiger partial charge on any atom is 0.154 e. The number of imidazole rings is 1. The molecule has 6 heteroatoms. The molecule has 1 N–H and O–H groups in total. The molecule has 2 aromatic carbocycles. The second-order valence-electron chi connectivity index (χ2n) is 7.75. The van der Waals surface area contributed by atoms with Crippen LogP contribution in [0.15, 0.2) is 66.9 Å². The molecular formula is C24H23FN4O. The van der Waals surface area contributed by atoms with Crippen molar-refractivity contribution in [2.45, 2.75) is 38.3 Å². The highest BCUT2D eigenvalue weighted by atomic mass is 19.1. The van der Waals surface area contributed by atoms with Crippen LogP contribution < -0.4 is 10.1 Å². The van der Waals surface area contributed by atoms with Gasteiger partial charge in [0.25, 0.3) is 0 Å². The molecule has 0 spiro atoms. The average molecular weight is 402 g/mol. The summed E-state index contributed by atoms with van der Waals surface area (Å²) in [5.74, 6) is 1.35. The molecule has 152 valence electrons. The summed E-state index contributed by atoms with van der Waals surface area (Å²) in [7, 11) is 0. The predicted octanol–water partition coefficient (Wildman–Crippen LogP) is 5.64. The largest absolute Gasteiger partial charge is 0.490 e. The fourth-order valence-electron chi connectivity index (χ4n) is 3.61. The highest BCUT2D eigenvalue weighted by Crippen LogP contribution is 2.28. The number of rotatable bonds is 6. The third kappa shape index (κ3) is 3.73. The van der Waals surface area contributed by atoms with Crippen LogP contribution in [-0.4, -0.2) is 20.7 Å². The maximum absolute atomic E-state index is 13.5. The Morgan fingerprint density at radius 1 is 1.10 bits per heavy atom. The molecule has 1 unspecified atom stereocenters. The molecule has 0 bridgehead atoms. The number of hydrogen-bond acceptors (Lipinski definition) is 4. The fraction of sp³-hybridized carbons (Fsp3) is 0.250. The van der Waals surface area contributed by atoms with Crippen molar-refractivity contribution in [2.24, 2.45) is 0 Å². The van der Waals surface area contributed by atoms with E-state index in [0.717, 1.165) is 41.1 Å². The number of nitrogens with one attached hydrogen (secondary N) is 1. The Balaban J connectivity index is 1.38. The first-order chi connectivity index (χ1) is 14.7. The van der Waals surface area contributed by atoms with Crippen molar-refractivity contribution in [1.82, 2.24) is 14.6 Å². The van der Waals surface area contributed by atoms with E-state index in [9.17, 15) is 4.39 Å². The molecule has 1 fully saturated rings. The van der Waals surface area contributed by atoms with Gasteiger partial charge in [-0.05, 0) is 80.3 Å². The molecule has 2 aromatic heterocycles. The Morgan fingerprint density at radius 3 is 2.67 bits per heavy atom. The van der Waals surface area contributed by atoms with Crippen molar-refractivity contribution in [2.75, 3.05) is 5.32 Å². The van der Waals surface area contributed by atoms with E-state index in [0.29, 0.717) is 11.9 Å². The van der Waals surface area contributed by atoms with Crippen LogP contribution in [0.2, 0.25) is 0 Å². The zero-order valence-electron chi connectivity index (χ0n) is 16.8. The van der Waals surface area contributed by atoms with Crippen LogP contribution in [-0.2, 0) is 0 Å². The highest BCUT2D eigenvalue weighted by Gasteiger charge is 2.19. The minimum absolute atomic E-state index is 0.0828. The fourth-order valence-corrected chi connectivity index (χ4v) is 3.61. The quantitative estimate of drug-likeness (QED) is 0.453. The monoisotopic (exact) mass is 402 g/mol. The van der Waals surface area contributed by atoms with Crippen LogP contribution in [0.5, 0.6) is 5.75 Å². The van der Waals surface area contributed by atoms with Crippen molar-refractivity contribution >= 4 is 11.5 Å². The minimum Gasteiger partial charge on any atom is -0.490 e. The van der Waals surface area contributed by atoms with E-state index in [1.54, 1.807) is 6.07 Å². The Kier molecular flexibility index (Phi) is 4.83. The molecule has 5 nitrogen and oxygen atoms in total. The molecule has 0 aliphatic heterocycles. The molecule has 2 heterocycles. The van der Waals surface area contributed by atoms with Crippen LogP contribution in [0.1, 0.15) is 37.8 Å². The van der Waals surface area contributed by atoms with E-state index >= 15 is 0 Å². The Bertz CT molecular complexity index is 1170. The average Bonchev–Trinajstić information content (AvgIpc) is 3.14. The van der Waals surface area contributed by atoms with Gasteiger partial charge in [-0.1, -0.05) is 12.1 Å². The van der Waals surface area contributed by atoms with Gasteiger partial charge >= 0.3 is 0 Å². The van der Waals surface area contributed by atoms with Crippen LogP contribution >= 0.6 is 0 Å². The molecular weight excluding hydrogens is 379 g/mol. The van der Waals surface area contributed by atoms with Crippen molar-refractivity contribution in [1.29, 1.82) is 0 Å². The number of hydrogen-bond donors (Lipinski definition) is 1. The normalized spacial score (nSPS) is 15.0. The van der Waals surface area contributed by atoms with E-state index < -0.39 is 0 Å². The molecule has 0 amide bonds. The number of anilines is 1. The smallest absolute Gasteiger partial charge is 0.154 e. The van der Waals surface area contributed by atoms with Crippen LogP contribution in [0, 0.1) is 5.82 Å². The van der Waals surface area contributed by atoms with Crippen molar-refractivity contribution in [3.8, 4) is 17.0 Å². The maximum atomic E-state index is 13.5. The summed E-state index contributed by atoms with van der Waals surface area (Å²) in [6.07, 6.45) is 5.72. The van der Waals surface area contributed by atoms with Crippen LogP contribution in [0.3, 0.4) is 0 Å². The number of ether oxygens (including phenoxy) is 1. The summed E-state index contributed by atoms with van der Waals surface area (Å²) in [6, 6.07) is 18.4. The number of nitrogens with zero attached hydrogens (tertiary/aromatic N) is 3. The van der Waals surface area contributed by atoms with Gasteiger partial charge in [-0.2, -0.15) is 0 Å². The van der Waals surface area contributed by atoms with Gasteiger partial charge in [-0.3, -0.25) is 0 Å². The zero-order valence-corrected chi connectivity index (χ0v) is 16.8. The Hall–Kier alpha value is -3.41. The van der Waals surface area contributed by atoms with Crippen molar-refractivity contribution < 1.29 is 9.13 Å². The van der Waals surface area contributed by atoms with E-state index in [1.165, 1.54) is 18.6 Å². The highest BCUT2D eigenvalue weighted by molar-refractivity contribution is 5.64. The lowest BCUT2D eigenvalue weighted by atomic mass is 9.96. The van der Waals surface area contributed by atoms with Gasteiger partial charge in [-0.15, -0.1) is 5.10 Å². The first-order valence-electron chi connectivity index (χ1n) is 10.3. The number of halogens is 1. The van der Waals surface area contributed by atoms with E-state index in [1.807, 2.05) is 60.1 Å². The van der Waals surface area contributed by atoms with Crippen molar-refractivity contribution in [3.05, 3.63) is 78.2 Å². The Morgan fingerprint density at radius 2 is 1.93 bits per heavy atom. The number of aromatic nitrogens is 3. The van der Waals surface area contributed by atoms with E-state index in [-0.39, 0.29) is 11.9 Å². The Labute approximate surface area is 174 Å². The SMILES string of the molecule is CC(Nc1ccc2ncc(-c3ccc(OC4CCC4)cc3)n2n1)c1cccc(F)c1. The number of benzene rings is 2. The lowest BCUT2D eigenvalue weighted by Gasteiger charge is -2.26. The summed E-state index contributed by atoms with van der Waals surface area (Å²) in [5, 5.41) is 8.05. The molecule has 0 saturated heterocycles. The summed E-state index contributed by atoms with van der Waals surface area (Å²) in [6.45, 7) is 1.98. The second kappa shape index (κ2) is 7.78. The van der Waals surface area contributed by atoms with E-state index in [2.05, 4.69) is 10.3 Å². The van der Waals surface area contributed by atoms with Crippen molar-refractivity contribution in [3.63, 3.8) is 0 Å². The first-order valence-corrected chi connectivity index (χ1v) is 10.3. The third-order valence-corrected chi connectivity index (χ3v) is 5.58. The molecule has 1 saturated carbocycles. The van der Waals surface area contributed by atoms with E-state index in [4.69, 9.17) is 9.84 Å². The molecule has 5 rings (SSSR count). The summed E-state index contributed by atoms with van der Waals surface area (Å²) in [4.78, 5) is 4.47. The minimum atomic E-state index is -0.244. The summed E-state index contributed by atoms with van der Waals surface area (Å²) >= 11 is 0. The topological polar surface area (TPSA) is 51.5 Å². The molecule has 0 radical (unpaired) electrons. The van der Waals surface area contributed by atoms with Gasteiger partial charge in [0.15, 0.2) is 5.65 Å². The van der Waals surface area contributed by atoms with Gasteiger partial charge < -0.3 is 10.1 Å². The molecule has 1 atom stereocenters. The van der Waals surface area contributed by atoms with Gasteiger partial charge in [-0.25, -0.2) is 13.9 Å². The predicted molar refractivity (Wildman–Crippen MR) is 115 cm³/mol. The standard InChI is InChI=1S/C24H23FN4O/c1-16(18-4-2-5-19(25)14-18)27-23-12-13-24-26-15-22(29(24)28-23)17-8-10-21(11-9-17)30-20-6-3-7-20/h2,4-5,8-16,20H,3,6-7H2,1H3,(H,27,28). The van der Waals surface area contributed by atoms with Gasteiger partial charge in [0.1, 0.15) is 17.4 Å². The molecule has 1 aliphatic carbocycles. The third-order valence-electron chi connectivity index (χ3n) is 5.58. The number of fused-ring (bicyclic) bond motifs is 1. The van der Waals surface area contributed by atoms with Gasteiger partial charge in [0, 0.05) is 5.56 Å². The van der Waals surface area contributed by atoms with Crippen LogP contribution in [0.25, 0.3) is 16.9 Å². The summed E-state index contributed by atoms with van der Waals surface area (Å²) in [5.41, 5.74) is 3.56. The van der Waals surface area contributed by atoms with Gasteiger partial charge in [0.05, 0.1) is 24.0 Å². The zero-order chi connectivity index (χ0) is 20.5. The molecule has 4 aromatic rings. The molecule has 30 heavy (non-hydrogen) atoms. The van der Waals surface area contributed by atoms with Gasteiger partial charge in [0.2, 0.25) is 0 Å². The van der Waals surface area contributed by atoms with Crippen LogP contribution in [0.4, 0.5) is 10.2 Å². The lowest BCUT2D eigenvalue weighted by molar-refractivity contribution is 0.120.